The molecule has 0 bridgehead atoms. The van der Waals surface area contributed by atoms with Crippen LogP contribution in [0, 0.1) is 0 Å². The summed E-state index contributed by atoms with van der Waals surface area (Å²) in [6.07, 6.45) is 4.75. The van der Waals surface area contributed by atoms with Gasteiger partial charge in [-0.1, -0.05) is 0 Å². The number of nitrogens with one attached hydrogen (secondary N) is 1. The highest BCUT2D eigenvalue weighted by atomic mass is 16.5. The summed E-state index contributed by atoms with van der Waals surface area (Å²) in [7, 11) is 0. The first kappa shape index (κ1) is 11.1. The van der Waals surface area contributed by atoms with Crippen molar-refractivity contribution in [3.05, 3.63) is 39.2 Å². The monoisotopic (exact) mass is 247 g/mol. The molecule has 5 heteroatoms. The Labute approximate surface area is 102 Å². The standard InChI is InChI=1S/C13H13NO4/c15-12-10-6-5-9(17-8-3-1-2-4-8)7-11(10)14-13(16)18-12/h5-8H,1-4H2,(H,14,16). The van der Waals surface area contributed by atoms with E-state index in [0.29, 0.717) is 16.7 Å². The Bertz CT molecular complexity index is 679. The minimum atomic E-state index is -0.745. The SMILES string of the molecule is O=c1[nH]c2cc(OC3CCCC3)ccc2c(=O)o1. The fraction of sp³-hybridized carbons (Fsp3) is 0.385. The molecule has 0 radical (unpaired) electrons. The molecule has 1 fully saturated rings. The average molecular weight is 247 g/mol. The Balaban J connectivity index is 1.99. The zero-order chi connectivity index (χ0) is 12.5. The summed E-state index contributed by atoms with van der Waals surface area (Å²) in [4.78, 5) is 25.0. The predicted molar refractivity (Wildman–Crippen MR) is 66.0 cm³/mol. The lowest BCUT2D eigenvalue weighted by molar-refractivity contribution is 0.210. The summed E-state index contributed by atoms with van der Waals surface area (Å²) >= 11 is 0. The van der Waals surface area contributed by atoms with Crippen molar-refractivity contribution in [2.24, 2.45) is 0 Å². The molecular weight excluding hydrogens is 234 g/mol. The van der Waals surface area contributed by atoms with Crippen LogP contribution in [0.25, 0.3) is 10.9 Å². The molecule has 1 heterocycles. The van der Waals surface area contributed by atoms with Gasteiger partial charge in [0.15, 0.2) is 0 Å². The molecule has 2 aromatic rings. The fourth-order valence-electron chi connectivity index (χ4n) is 2.35. The zero-order valence-corrected chi connectivity index (χ0v) is 9.77. The molecule has 1 aromatic carbocycles. The number of hydrogen-bond donors (Lipinski definition) is 1. The highest BCUT2D eigenvalue weighted by Gasteiger charge is 2.16. The molecular formula is C13H13NO4. The van der Waals surface area contributed by atoms with Crippen LogP contribution in [0.2, 0.25) is 0 Å². The van der Waals surface area contributed by atoms with E-state index in [1.165, 1.54) is 12.8 Å². The Morgan fingerprint density at radius 2 is 2.00 bits per heavy atom. The van der Waals surface area contributed by atoms with E-state index in [0.717, 1.165) is 12.8 Å². The van der Waals surface area contributed by atoms with E-state index in [1.54, 1.807) is 18.2 Å². The number of fused-ring (bicyclic) bond motifs is 1. The number of aromatic nitrogens is 1. The van der Waals surface area contributed by atoms with Crippen LogP contribution < -0.4 is 16.1 Å². The van der Waals surface area contributed by atoms with Gasteiger partial charge >= 0.3 is 11.4 Å². The maximum Gasteiger partial charge on any atom is 0.419 e. The molecule has 1 aromatic heterocycles. The van der Waals surface area contributed by atoms with Crippen LogP contribution in [0.3, 0.4) is 0 Å². The van der Waals surface area contributed by atoms with Crippen molar-refractivity contribution < 1.29 is 9.15 Å². The van der Waals surface area contributed by atoms with Crippen molar-refractivity contribution >= 4 is 10.9 Å². The van der Waals surface area contributed by atoms with Crippen LogP contribution in [0.5, 0.6) is 5.75 Å². The second-order valence-electron chi connectivity index (χ2n) is 4.53. The number of hydrogen-bond acceptors (Lipinski definition) is 4. The van der Waals surface area contributed by atoms with Crippen LogP contribution in [-0.2, 0) is 0 Å². The number of benzene rings is 1. The molecule has 1 aliphatic carbocycles. The van der Waals surface area contributed by atoms with E-state index in [9.17, 15) is 9.59 Å². The summed E-state index contributed by atoms with van der Waals surface area (Å²) in [5.41, 5.74) is -0.173. The quantitative estimate of drug-likeness (QED) is 0.878. The lowest BCUT2D eigenvalue weighted by Gasteiger charge is -2.12. The third-order valence-corrected chi connectivity index (χ3v) is 3.24. The van der Waals surface area contributed by atoms with Crippen LogP contribution in [0.1, 0.15) is 25.7 Å². The van der Waals surface area contributed by atoms with Gasteiger partial charge in [0.25, 0.3) is 0 Å². The smallest absolute Gasteiger partial charge is 0.419 e. The summed E-state index contributed by atoms with van der Waals surface area (Å²) < 4.78 is 10.3. The van der Waals surface area contributed by atoms with Gasteiger partial charge in [-0.2, -0.15) is 0 Å². The maximum absolute atomic E-state index is 11.4. The van der Waals surface area contributed by atoms with Gasteiger partial charge in [-0.3, -0.25) is 4.98 Å². The maximum atomic E-state index is 11.4. The molecule has 0 atom stereocenters. The van der Waals surface area contributed by atoms with Gasteiger partial charge in [0.1, 0.15) is 5.75 Å². The van der Waals surface area contributed by atoms with Gasteiger partial charge in [0.2, 0.25) is 0 Å². The molecule has 1 aliphatic rings. The van der Waals surface area contributed by atoms with Gasteiger partial charge in [-0.15, -0.1) is 0 Å². The van der Waals surface area contributed by atoms with Gasteiger partial charge in [0.05, 0.1) is 17.0 Å². The number of H-pyrrole nitrogens is 1. The van der Waals surface area contributed by atoms with E-state index < -0.39 is 11.4 Å². The number of rotatable bonds is 2. The van der Waals surface area contributed by atoms with Gasteiger partial charge in [-0.25, -0.2) is 9.59 Å². The molecule has 1 saturated carbocycles. The molecule has 3 rings (SSSR count). The first-order chi connectivity index (χ1) is 8.72. The fourth-order valence-corrected chi connectivity index (χ4v) is 2.35. The van der Waals surface area contributed by atoms with Crippen LogP contribution in [-0.4, -0.2) is 11.1 Å². The first-order valence-corrected chi connectivity index (χ1v) is 6.06. The van der Waals surface area contributed by atoms with E-state index >= 15 is 0 Å². The van der Waals surface area contributed by atoms with Crippen LogP contribution >= 0.6 is 0 Å². The van der Waals surface area contributed by atoms with Gasteiger partial charge < -0.3 is 9.15 Å². The van der Waals surface area contributed by atoms with Crippen molar-refractivity contribution in [1.82, 2.24) is 4.98 Å². The second kappa shape index (κ2) is 4.33. The van der Waals surface area contributed by atoms with Crippen molar-refractivity contribution in [3.8, 4) is 5.75 Å². The molecule has 5 nitrogen and oxygen atoms in total. The Morgan fingerprint density at radius 3 is 2.78 bits per heavy atom. The Hall–Kier alpha value is -2.04. The third kappa shape index (κ3) is 2.03. The molecule has 18 heavy (non-hydrogen) atoms. The van der Waals surface area contributed by atoms with Crippen LogP contribution in [0.15, 0.2) is 32.2 Å². The largest absolute Gasteiger partial charge is 0.490 e. The third-order valence-electron chi connectivity index (χ3n) is 3.24. The molecule has 1 N–H and O–H groups in total. The summed E-state index contributed by atoms with van der Waals surface area (Å²) in [5.74, 6) is -0.0684. The Kier molecular flexibility index (Phi) is 2.66. The lowest BCUT2D eigenvalue weighted by atomic mass is 10.2. The summed E-state index contributed by atoms with van der Waals surface area (Å²) in [5, 5.41) is 0.355. The van der Waals surface area contributed by atoms with Crippen molar-refractivity contribution in [2.45, 2.75) is 31.8 Å². The van der Waals surface area contributed by atoms with E-state index in [4.69, 9.17) is 4.74 Å². The minimum Gasteiger partial charge on any atom is -0.490 e. The minimum absolute atomic E-state index is 0.245. The predicted octanol–water partition coefficient (Wildman–Crippen LogP) is 1.80. The number of ether oxygens (including phenoxy) is 1. The van der Waals surface area contributed by atoms with Gasteiger partial charge in [0, 0.05) is 6.07 Å². The topological polar surface area (TPSA) is 72.3 Å². The summed E-state index contributed by atoms with van der Waals surface area (Å²) in [6, 6.07) is 5.02. The van der Waals surface area contributed by atoms with Crippen molar-refractivity contribution in [2.75, 3.05) is 0 Å². The normalized spacial score (nSPS) is 16.2. The number of aromatic amines is 1. The lowest BCUT2D eigenvalue weighted by Crippen LogP contribution is -2.15. The molecule has 0 amide bonds. The van der Waals surface area contributed by atoms with E-state index in [2.05, 4.69) is 9.40 Å². The molecule has 94 valence electrons. The van der Waals surface area contributed by atoms with Crippen molar-refractivity contribution in [3.63, 3.8) is 0 Å². The highest BCUT2D eigenvalue weighted by Crippen LogP contribution is 2.25. The molecule has 0 saturated heterocycles. The summed E-state index contributed by atoms with van der Waals surface area (Å²) in [6.45, 7) is 0. The average Bonchev–Trinajstić information content (AvgIpc) is 2.81. The molecule has 0 unspecified atom stereocenters. The highest BCUT2D eigenvalue weighted by molar-refractivity contribution is 5.78. The first-order valence-electron chi connectivity index (χ1n) is 6.06. The van der Waals surface area contributed by atoms with Crippen molar-refractivity contribution in [1.29, 1.82) is 0 Å². The molecule has 0 aliphatic heterocycles. The van der Waals surface area contributed by atoms with Gasteiger partial charge in [-0.05, 0) is 37.8 Å². The van der Waals surface area contributed by atoms with E-state index in [-0.39, 0.29) is 6.10 Å². The molecule has 0 spiro atoms. The Morgan fingerprint density at radius 1 is 1.22 bits per heavy atom. The second-order valence-corrected chi connectivity index (χ2v) is 4.53. The van der Waals surface area contributed by atoms with E-state index in [1.807, 2.05) is 0 Å². The van der Waals surface area contributed by atoms with Crippen LogP contribution in [0.4, 0.5) is 0 Å². The zero-order valence-electron chi connectivity index (χ0n) is 9.77.